The van der Waals surface area contributed by atoms with Gasteiger partial charge in [0.05, 0.1) is 12.8 Å². The first-order chi connectivity index (χ1) is 9.11. The Hall–Kier alpha value is -1.39. The number of carbonyl (C=O) groups excluding carboxylic acids is 1. The van der Waals surface area contributed by atoms with Gasteiger partial charge in [-0.1, -0.05) is 12.1 Å². The lowest BCUT2D eigenvalue weighted by molar-refractivity contribution is 0.109. The highest BCUT2D eigenvalue weighted by molar-refractivity contribution is 7.44. The van der Waals surface area contributed by atoms with Crippen molar-refractivity contribution in [1.82, 2.24) is 9.57 Å². The number of hydrogen-bond acceptors (Lipinski definition) is 4. The number of rotatable bonds is 2. The van der Waals surface area contributed by atoms with E-state index < -0.39 is 0 Å². The SMILES string of the molecule is COC(=O)N1CCN(Pc2cccc(N)c2F)CC1. The molecule has 1 amide bonds. The van der Waals surface area contributed by atoms with E-state index in [-0.39, 0.29) is 26.3 Å². The number of nitrogens with zero attached hydrogens (tertiary/aromatic N) is 2. The maximum atomic E-state index is 13.8. The molecule has 1 aromatic carbocycles. The molecule has 0 aromatic heterocycles. The zero-order valence-corrected chi connectivity index (χ0v) is 11.7. The van der Waals surface area contributed by atoms with E-state index in [1.807, 2.05) is 0 Å². The van der Waals surface area contributed by atoms with Crippen molar-refractivity contribution in [2.75, 3.05) is 39.0 Å². The highest BCUT2D eigenvalue weighted by Crippen LogP contribution is 2.23. The van der Waals surface area contributed by atoms with E-state index in [2.05, 4.69) is 9.41 Å². The lowest BCUT2D eigenvalue weighted by Gasteiger charge is -2.33. The molecule has 0 saturated carbocycles. The molecule has 1 unspecified atom stereocenters. The number of ether oxygens (including phenoxy) is 1. The number of hydrogen-bond donors (Lipinski definition) is 1. The molecule has 1 aliphatic rings. The number of amides is 1. The van der Waals surface area contributed by atoms with Crippen LogP contribution in [-0.4, -0.2) is 49.0 Å². The van der Waals surface area contributed by atoms with E-state index in [0.717, 1.165) is 0 Å². The van der Waals surface area contributed by atoms with Crippen molar-refractivity contribution in [1.29, 1.82) is 0 Å². The average molecular weight is 285 g/mol. The maximum Gasteiger partial charge on any atom is 0.409 e. The van der Waals surface area contributed by atoms with Gasteiger partial charge in [-0.05, 0) is 14.8 Å². The average Bonchev–Trinajstić information content (AvgIpc) is 2.44. The van der Waals surface area contributed by atoms with Crippen LogP contribution in [0.25, 0.3) is 0 Å². The molecule has 7 heteroatoms. The molecule has 1 fully saturated rings. The van der Waals surface area contributed by atoms with Gasteiger partial charge in [0.2, 0.25) is 0 Å². The molecule has 0 radical (unpaired) electrons. The molecule has 0 aliphatic carbocycles. The molecule has 0 bridgehead atoms. The minimum atomic E-state index is -0.337. The zero-order chi connectivity index (χ0) is 13.8. The van der Waals surface area contributed by atoms with E-state index in [0.29, 0.717) is 31.5 Å². The molecule has 0 spiro atoms. The smallest absolute Gasteiger partial charge is 0.409 e. The van der Waals surface area contributed by atoms with Crippen LogP contribution in [0.15, 0.2) is 18.2 Å². The lowest BCUT2D eigenvalue weighted by atomic mass is 10.3. The van der Waals surface area contributed by atoms with Crippen LogP contribution in [0.5, 0.6) is 0 Å². The van der Waals surface area contributed by atoms with Crippen molar-refractivity contribution in [3.8, 4) is 0 Å². The Kier molecular flexibility index (Phi) is 4.56. The number of halogens is 1. The van der Waals surface area contributed by atoms with Crippen molar-refractivity contribution >= 4 is 25.8 Å². The number of piperazine rings is 1. The number of nitrogen functional groups attached to an aromatic ring is 1. The Labute approximate surface area is 113 Å². The van der Waals surface area contributed by atoms with Gasteiger partial charge in [0.1, 0.15) is 0 Å². The van der Waals surface area contributed by atoms with Crippen LogP contribution in [0.2, 0.25) is 0 Å². The van der Waals surface area contributed by atoms with Crippen LogP contribution < -0.4 is 11.0 Å². The first-order valence-corrected chi connectivity index (χ1v) is 6.95. The van der Waals surface area contributed by atoms with Crippen molar-refractivity contribution < 1.29 is 13.9 Å². The van der Waals surface area contributed by atoms with Crippen LogP contribution in [-0.2, 0) is 4.74 Å². The summed E-state index contributed by atoms with van der Waals surface area (Å²) < 4.78 is 20.6. The first kappa shape index (κ1) is 14.0. The molecule has 1 heterocycles. The van der Waals surface area contributed by atoms with Crippen LogP contribution in [0, 0.1) is 5.82 Å². The third-order valence-corrected chi connectivity index (χ3v) is 4.41. The summed E-state index contributed by atoms with van der Waals surface area (Å²) in [7, 11) is 1.61. The molecule has 1 aromatic rings. The second kappa shape index (κ2) is 6.17. The standard InChI is InChI=1S/C12H17FN3O2P/c1-18-12(17)15-5-7-16(8-6-15)19-10-4-2-3-9(14)11(10)13/h2-4,19H,5-8,14H2,1H3. The Morgan fingerprint density at radius 3 is 2.68 bits per heavy atom. The van der Waals surface area contributed by atoms with Crippen molar-refractivity contribution in [2.24, 2.45) is 0 Å². The Bertz CT molecular complexity index is 464. The van der Waals surface area contributed by atoms with E-state index in [9.17, 15) is 9.18 Å². The van der Waals surface area contributed by atoms with Gasteiger partial charge in [-0.3, -0.25) is 4.67 Å². The molecule has 1 saturated heterocycles. The number of anilines is 1. The number of methoxy groups -OCH3 is 1. The lowest BCUT2D eigenvalue weighted by Crippen LogP contribution is -2.46. The number of benzene rings is 1. The van der Waals surface area contributed by atoms with Crippen LogP contribution in [0.4, 0.5) is 14.9 Å². The Balaban J connectivity index is 1.92. The molecular formula is C12H17FN3O2P. The van der Waals surface area contributed by atoms with Gasteiger partial charge in [-0.2, -0.15) is 0 Å². The minimum absolute atomic E-state index is 0.179. The third kappa shape index (κ3) is 3.33. The maximum absolute atomic E-state index is 13.8. The van der Waals surface area contributed by atoms with E-state index >= 15 is 0 Å². The highest BCUT2D eigenvalue weighted by atomic mass is 31.1. The molecule has 2 N–H and O–H groups in total. The van der Waals surface area contributed by atoms with E-state index in [1.54, 1.807) is 23.1 Å². The van der Waals surface area contributed by atoms with E-state index in [4.69, 9.17) is 5.73 Å². The second-order valence-corrected chi connectivity index (χ2v) is 5.66. The topological polar surface area (TPSA) is 58.8 Å². The highest BCUT2D eigenvalue weighted by Gasteiger charge is 2.22. The van der Waals surface area contributed by atoms with Crippen molar-refractivity contribution in [3.63, 3.8) is 0 Å². The molecular weight excluding hydrogens is 268 g/mol. The van der Waals surface area contributed by atoms with Crippen LogP contribution in [0.3, 0.4) is 0 Å². The monoisotopic (exact) mass is 285 g/mol. The predicted octanol–water partition coefficient (Wildman–Crippen LogP) is 1.01. The van der Waals surface area contributed by atoms with Gasteiger partial charge >= 0.3 is 6.09 Å². The molecule has 1 aliphatic heterocycles. The van der Waals surface area contributed by atoms with Crippen LogP contribution >= 0.6 is 8.73 Å². The molecule has 19 heavy (non-hydrogen) atoms. The van der Waals surface area contributed by atoms with Crippen molar-refractivity contribution in [2.45, 2.75) is 0 Å². The molecule has 5 nitrogen and oxygen atoms in total. The van der Waals surface area contributed by atoms with Gasteiger partial charge in [0.15, 0.2) is 5.82 Å². The molecule has 1 atom stereocenters. The van der Waals surface area contributed by atoms with Gasteiger partial charge < -0.3 is 15.4 Å². The largest absolute Gasteiger partial charge is 0.453 e. The third-order valence-electron chi connectivity index (χ3n) is 3.02. The Morgan fingerprint density at radius 2 is 2.05 bits per heavy atom. The fourth-order valence-electron chi connectivity index (χ4n) is 1.94. The fraction of sp³-hybridized carbons (Fsp3) is 0.417. The summed E-state index contributed by atoms with van der Waals surface area (Å²) in [6.07, 6.45) is -0.307. The summed E-state index contributed by atoms with van der Waals surface area (Å²) in [4.78, 5) is 13.0. The predicted molar refractivity (Wildman–Crippen MR) is 74.3 cm³/mol. The van der Waals surface area contributed by atoms with Gasteiger partial charge in [0.25, 0.3) is 0 Å². The minimum Gasteiger partial charge on any atom is -0.453 e. The van der Waals surface area contributed by atoms with Gasteiger partial charge in [-0.15, -0.1) is 0 Å². The summed E-state index contributed by atoms with van der Waals surface area (Å²) in [5.74, 6) is -0.337. The first-order valence-electron chi connectivity index (χ1n) is 6.00. The summed E-state index contributed by atoms with van der Waals surface area (Å²) in [5.41, 5.74) is 5.73. The Morgan fingerprint density at radius 1 is 1.37 bits per heavy atom. The van der Waals surface area contributed by atoms with Crippen molar-refractivity contribution in [3.05, 3.63) is 24.0 Å². The number of nitrogens with two attached hydrogens (primary N) is 1. The van der Waals surface area contributed by atoms with E-state index in [1.165, 1.54) is 7.11 Å². The fourth-order valence-corrected chi connectivity index (χ4v) is 3.11. The van der Waals surface area contributed by atoms with Crippen LogP contribution in [0.1, 0.15) is 0 Å². The molecule has 104 valence electrons. The normalized spacial score (nSPS) is 17.1. The summed E-state index contributed by atoms with van der Waals surface area (Å²) in [6, 6.07) is 5.06. The van der Waals surface area contributed by atoms with Gasteiger partial charge in [-0.25, -0.2) is 9.18 Å². The van der Waals surface area contributed by atoms with Gasteiger partial charge in [0, 0.05) is 31.5 Å². The quantitative estimate of drug-likeness (QED) is 0.651. The second-order valence-electron chi connectivity index (χ2n) is 4.26. The number of carbonyl (C=O) groups is 1. The summed E-state index contributed by atoms with van der Waals surface area (Å²) >= 11 is 0. The zero-order valence-electron chi connectivity index (χ0n) is 10.7. The summed E-state index contributed by atoms with van der Waals surface area (Å²) in [6.45, 7) is 2.62. The summed E-state index contributed by atoms with van der Waals surface area (Å²) in [5, 5.41) is 0.617. The molecule has 2 rings (SSSR count).